The van der Waals surface area contributed by atoms with Crippen molar-refractivity contribution in [1.29, 1.82) is 5.26 Å². The van der Waals surface area contributed by atoms with Crippen LogP contribution >= 0.6 is 0 Å². The molecule has 34 heavy (non-hydrogen) atoms. The molecule has 0 unspecified atom stereocenters. The smallest absolute Gasteiger partial charge is 0.284 e. The van der Waals surface area contributed by atoms with Crippen molar-refractivity contribution in [3.8, 4) is 6.07 Å². The second-order valence-corrected chi connectivity index (χ2v) is 8.44. The van der Waals surface area contributed by atoms with Crippen LogP contribution < -0.4 is 16.4 Å². The zero-order valence-corrected chi connectivity index (χ0v) is 18.9. The summed E-state index contributed by atoms with van der Waals surface area (Å²) in [4.78, 5) is 28.6. The Kier molecular flexibility index (Phi) is 6.66. The van der Waals surface area contributed by atoms with Crippen molar-refractivity contribution in [2.45, 2.75) is 12.8 Å². The number of nitrogens with two attached hydrogens (primary N) is 2. The first kappa shape index (κ1) is 23.1. The van der Waals surface area contributed by atoms with Gasteiger partial charge in [0.25, 0.3) is 5.91 Å². The summed E-state index contributed by atoms with van der Waals surface area (Å²) in [6, 6.07) is 14.5. The number of ketones is 1. The average molecular weight is 458 g/mol. The highest BCUT2D eigenvalue weighted by Crippen LogP contribution is 2.26. The fourth-order valence-electron chi connectivity index (χ4n) is 4.23. The number of furan rings is 1. The minimum Gasteiger partial charge on any atom is -0.451 e. The van der Waals surface area contributed by atoms with Gasteiger partial charge in [-0.1, -0.05) is 6.58 Å². The molecule has 1 aliphatic heterocycles. The monoisotopic (exact) mass is 457 g/mol. The molecule has 2 heterocycles. The van der Waals surface area contributed by atoms with Crippen molar-refractivity contribution in [2.24, 2.45) is 5.73 Å². The van der Waals surface area contributed by atoms with E-state index in [1.807, 2.05) is 18.2 Å². The average Bonchev–Trinajstić information content (AvgIpc) is 3.28. The van der Waals surface area contributed by atoms with Crippen LogP contribution in [-0.2, 0) is 4.79 Å². The number of rotatable bonds is 8. The number of Topliss-reactive ketones (excluding diaryl/α,β-unsaturated/α-hetero) is 1. The van der Waals surface area contributed by atoms with Crippen LogP contribution in [0.5, 0.6) is 0 Å². The van der Waals surface area contributed by atoms with E-state index in [9.17, 15) is 9.59 Å². The quantitative estimate of drug-likeness (QED) is 0.392. The molecule has 3 aromatic rings. The molecule has 1 aliphatic rings. The van der Waals surface area contributed by atoms with Crippen LogP contribution in [0.3, 0.4) is 0 Å². The number of allylic oxidation sites excluding steroid dienone is 1. The third-order valence-electron chi connectivity index (χ3n) is 6.20. The first-order valence-electron chi connectivity index (χ1n) is 11.2. The van der Waals surface area contributed by atoms with Gasteiger partial charge in [-0.25, -0.2) is 0 Å². The minimum atomic E-state index is -0.576. The van der Waals surface area contributed by atoms with Crippen LogP contribution in [0.25, 0.3) is 16.5 Å². The number of hydrogen-bond donors (Lipinski definition) is 2. The molecule has 2 aromatic carbocycles. The van der Waals surface area contributed by atoms with Gasteiger partial charge < -0.3 is 20.8 Å². The van der Waals surface area contributed by atoms with Gasteiger partial charge in [0.1, 0.15) is 5.58 Å². The van der Waals surface area contributed by atoms with Gasteiger partial charge >= 0.3 is 0 Å². The number of nitriles is 1. The lowest BCUT2D eigenvalue weighted by Gasteiger charge is -2.36. The summed E-state index contributed by atoms with van der Waals surface area (Å²) in [5.41, 5.74) is 14.8. The number of hydrogen-bond acceptors (Lipinski definition) is 7. The molecule has 4 rings (SSSR count). The number of benzene rings is 2. The maximum atomic E-state index is 12.6. The molecule has 0 radical (unpaired) electrons. The van der Waals surface area contributed by atoms with E-state index >= 15 is 0 Å². The molecule has 1 aromatic heterocycles. The summed E-state index contributed by atoms with van der Waals surface area (Å²) in [6.45, 7) is 8.25. The Morgan fingerprint density at radius 2 is 1.85 bits per heavy atom. The van der Waals surface area contributed by atoms with E-state index in [1.54, 1.807) is 24.3 Å². The fraction of sp³-hybridized carbons (Fsp3) is 0.269. The van der Waals surface area contributed by atoms with Crippen LogP contribution in [-0.4, -0.2) is 49.3 Å². The molecule has 174 valence electrons. The Labute approximate surface area is 198 Å². The maximum Gasteiger partial charge on any atom is 0.284 e. The van der Waals surface area contributed by atoms with E-state index in [2.05, 4.69) is 22.4 Å². The maximum absolute atomic E-state index is 12.6. The molecule has 1 saturated heterocycles. The predicted molar refractivity (Wildman–Crippen MR) is 132 cm³/mol. The predicted octanol–water partition coefficient (Wildman–Crippen LogP) is 3.17. The van der Waals surface area contributed by atoms with Crippen LogP contribution in [0.1, 0.15) is 34.5 Å². The Balaban J connectivity index is 1.26. The number of piperazine rings is 1. The second-order valence-electron chi connectivity index (χ2n) is 8.44. The van der Waals surface area contributed by atoms with Crippen LogP contribution in [0.15, 0.2) is 53.5 Å². The summed E-state index contributed by atoms with van der Waals surface area (Å²) < 4.78 is 5.46. The van der Waals surface area contributed by atoms with E-state index in [0.29, 0.717) is 34.4 Å². The molecule has 8 nitrogen and oxygen atoms in total. The molecule has 1 fully saturated rings. The van der Waals surface area contributed by atoms with Crippen molar-refractivity contribution in [3.05, 3.63) is 65.9 Å². The van der Waals surface area contributed by atoms with Crippen LogP contribution in [0, 0.1) is 11.3 Å². The SMILES string of the molecule is C=C(C(=O)CCCN1CCN(c2ccc3oc(C(N)=O)cc3c2)CC1)c1cc(C#N)ccc1N. The molecule has 4 N–H and O–H groups in total. The van der Waals surface area contributed by atoms with E-state index in [-0.39, 0.29) is 11.5 Å². The van der Waals surface area contributed by atoms with E-state index in [0.717, 1.165) is 50.2 Å². The number of primary amides is 1. The van der Waals surface area contributed by atoms with Crippen LogP contribution in [0.2, 0.25) is 0 Å². The Morgan fingerprint density at radius 3 is 2.56 bits per heavy atom. The Bertz CT molecular complexity index is 1300. The number of anilines is 2. The standard InChI is InChI=1S/C26H27N5O3/c1-17(21-13-18(16-27)4-6-22(21)28)23(32)3-2-8-30-9-11-31(12-10-30)20-5-7-24-19(14-20)15-25(34-24)26(29)33/h4-7,13-15H,1-3,8-12,28H2,(H2,29,33). The topological polar surface area (TPSA) is 130 Å². The summed E-state index contributed by atoms with van der Waals surface area (Å²) >= 11 is 0. The highest BCUT2D eigenvalue weighted by atomic mass is 16.3. The Morgan fingerprint density at radius 1 is 1.09 bits per heavy atom. The summed E-state index contributed by atoms with van der Waals surface area (Å²) in [7, 11) is 0. The van der Waals surface area contributed by atoms with Gasteiger partial charge in [0, 0.05) is 60.5 Å². The van der Waals surface area contributed by atoms with Crippen molar-refractivity contribution in [1.82, 2.24) is 4.90 Å². The summed E-state index contributed by atoms with van der Waals surface area (Å²) in [6.07, 6.45) is 1.11. The molecule has 0 bridgehead atoms. The van der Waals surface area contributed by atoms with Crippen molar-refractivity contribution >= 4 is 39.6 Å². The zero-order valence-electron chi connectivity index (χ0n) is 18.9. The van der Waals surface area contributed by atoms with Crippen molar-refractivity contribution in [2.75, 3.05) is 43.4 Å². The number of carbonyl (C=O) groups excluding carboxylic acids is 2. The molecule has 0 atom stereocenters. The molecule has 0 spiro atoms. The second kappa shape index (κ2) is 9.81. The lowest BCUT2D eigenvalue weighted by molar-refractivity contribution is -0.113. The molecular weight excluding hydrogens is 430 g/mol. The van der Waals surface area contributed by atoms with Gasteiger partial charge in [0.2, 0.25) is 0 Å². The first-order valence-corrected chi connectivity index (χ1v) is 11.2. The summed E-state index contributed by atoms with van der Waals surface area (Å²) in [5, 5.41) is 9.94. The lowest BCUT2D eigenvalue weighted by Crippen LogP contribution is -2.46. The van der Waals surface area contributed by atoms with Gasteiger partial charge in [-0.3, -0.25) is 14.5 Å². The highest BCUT2D eigenvalue weighted by molar-refractivity contribution is 6.21. The fourth-order valence-corrected chi connectivity index (χ4v) is 4.23. The van der Waals surface area contributed by atoms with Gasteiger partial charge in [0.05, 0.1) is 11.6 Å². The highest BCUT2D eigenvalue weighted by Gasteiger charge is 2.19. The number of fused-ring (bicyclic) bond motifs is 1. The zero-order chi connectivity index (χ0) is 24.2. The first-order chi connectivity index (χ1) is 16.4. The third kappa shape index (κ3) is 4.95. The Hall–Kier alpha value is -4.09. The van der Waals surface area contributed by atoms with Gasteiger partial charge in [0.15, 0.2) is 11.5 Å². The number of amides is 1. The largest absolute Gasteiger partial charge is 0.451 e. The van der Waals surface area contributed by atoms with Gasteiger partial charge in [-0.15, -0.1) is 0 Å². The van der Waals surface area contributed by atoms with Crippen LogP contribution in [0.4, 0.5) is 11.4 Å². The normalized spacial score (nSPS) is 14.1. The molecule has 1 amide bonds. The minimum absolute atomic E-state index is 0.0517. The summed E-state index contributed by atoms with van der Waals surface area (Å²) in [5.74, 6) is -0.466. The van der Waals surface area contributed by atoms with Crippen molar-refractivity contribution in [3.63, 3.8) is 0 Å². The molecule has 8 heteroatoms. The third-order valence-corrected chi connectivity index (χ3v) is 6.20. The van der Waals surface area contributed by atoms with E-state index in [1.165, 1.54) is 0 Å². The lowest BCUT2D eigenvalue weighted by atomic mass is 9.97. The van der Waals surface area contributed by atoms with E-state index < -0.39 is 5.91 Å². The molecular formula is C26H27N5O3. The van der Waals surface area contributed by atoms with E-state index in [4.69, 9.17) is 21.1 Å². The van der Waals surface area contributed by atoms with Gasteiger partial charge in [-0.05, 0) is 55.4 Å². The molecule has 0 aliphatic carbocycles. The molecule has 0 saturated carbocycles. The van der Waals surface area contributed by atoms with Gasteiger partial charge in [-0.2, -0.15) is 5.26 Å². The number of carbonyl (C=O) groups is 2. The number of nitrogen functional groups attached to an aromatic ring is 1. The van der Waals surface area contributed by atoms with Crippen molar-refractivity contribution < 1.29 is 14.0 Å². The number of nitrogens with zero attached hydrogens (tertiary/aromatic N) is 3.